The van der Waals surface area contributed by atoms with Crippen molar-refractivity contribution in [2.75, 3.05) is 19.0 Å². The van der Waals surface area contributed by atoms with Crippen LogP contribution >= 0.6 is 11.3 Å². The molecule has 1 N–H and O–H groups in total. The molecule has 1 heterocycles. The SMILES string of the molecule is C/C(=C(\c1ccc(N(C)C)cc1OC=O)c1ccccc1C(=O)O)c1nc2ccccc2s1. The summed E-state index contributed by atoms with van der Waals surface area (Å²) in [5, 5.41) is 10.7. The fourth-order valence-corrected chi connectivity index (χ4v) is 4.69. The second-order valence-corrected chi connectivity index (χ2v) is 8.66. The van der Waals surface area contributed by atoms with Gasteiger partial charge in [-0.1, -0.05) is 30.3 Å². The lowest BCUT2D eigenvalue weighted by molar-refractivity contribution is -0.120. The first-order valence-corrected chi connectivity index (χ1v) is 11.0. The molecule has 1 aromatic heterocycles. The topological polar surface area (TPSA) is 79.7 Å². The van der Waals surface area contributed by atoms with Crippen LogP contribution in [-0.2, 0) is 4.79 Å². The summed E-state index contributed by atoms with van der Waals surface area (Å²) in [6.45, 7) is 2.29. The van der Waals surface area contributed by atoms with Crippen molar-refractivity contribution >= 4 is 50.8 Å². The Labute approximate surface area is 195 Å². The largest absolute Gasteiger partial charge is 0.478 e. The number of carbonyl (C=O) groups excluding carboxylic acids is 1. The van der Waals surface area contributed by atoms with Crippen molar-refractivity contribution in [1.82, 2.24) is 4.98 Å². The van der Waals surface area contributed by atoms with E-state index in [1.165, 1.54) is 11.3 Å². The van der Waals surface area contributed by atoms with Gasteiger partial charge in [0, 0.05) is 31.4 Å². The van der Waals surface area contributed by atoms with Crippen molar-refractivity contribution in [2.45, 2.75) is 6.92 Å². The van der Waals surface area contributed by atoms with Gasteiger partial charge in [0.25, 0.3) is 6.47 Å². The van der Waals surface area contributed by atoms with Crippen molar-refractivity contribution in [3.8, 4) is 5.75 Å². The molecule has 0 radical (unpaired) electrons. The number of carboxylic acid groups (broad SMARTS) is 1. The molecule has 0 saturated carbocycles. The van der Waals surface area contributed by atoms with E-state index in [1.807, 2.05) is 62.3 Å². The summed E-state index contributed by atoms with van der Waals surface area (Å²) in [6.07, 6.45) is 0. The Bertz CT molecular complexity index is 1360. The number of ether oxygens (including phenoxy) is 1. The zero-order chi connectivity index (χ0) is 23.5. The number of hydrogen-bond donors (Lipinski definition) is 1. The standard InChI is InChI=1S/C26H22N2O4S/c1-16(25-27-21-10-6-7-11-23(21)33-25)24(18-8-4-5-9-19(18)26(30)31)20-13-12-17(28(2)3)14-22(20)32-15-29/h4-15H,1-3H3,(H,30,31)/b24-16+. The molecule has 166 valence electrons. The fraction of sp³-hybridized carbons (Fsp3) is 0.115. The van der Waals surface area contributed by atoms with Crippen molar-refractivity contribution in [1.29, 1.82) is 0 Å². The molecule has 0 amide bonds. The number of carboxylic acids is 1. The summed E-state index contributed by atoms with van der Waals surface area (Å²) >= 11 is 1.53. The summed E-state index contributed by atoms with van der Waals surface area (Å²) in [7, 11) is 3.78. The zero-order valence-electron chi connectivity index (χ0n) is 18.4. The van der Waals surface area contributed by atoms with E-state index in [1.54, 1.807) is 30.3 Å². The fourth-order valence-electron chi connectivity index (χ4n) is 3.72. The number of para-hydroxylation sites is 1. The van der Waals surface area contributed by atoms with Crippen LogP contribution in [-0.4, -0.2) is 36.6 Å². The Morgan fingerprint density at radius 1 is 1.00 bits per heavy atom. The van der Waals surface area contributed by atoms with Crippen LogP contribution in [0.2, 0.25) is 0 Å². The second kappa shape index (κ2) is 9.26. The normalized spacial score (nSPS) is 11.7. The highest BCUT2D eigenvalue weighted by Gasteiger charge is 2.22. The molecule has 7 heteroatoms. The number of rotatable bonds is 7. The molecule has 0 aliphatic carbocycles. The Morgan fingerprint density at radius 3 is 2.36 bits per heavy atom. The van der Waals surface area contributed by atoms with Gasteiger partial charge >= 0.3 is 5.97 Å². The molecule has 6 nitrogen and oxygen atoms in total. The van der Waals surface area contributed by atoms with Gasteiger partial charge in [0.2, 0.25) is 0 Å². The maximum Gasteiger partial charge on any atom is 0.336 e. The molecule has 3 aromatic carbocycles. The number of thiazole rings is 1. The lowest BCUT2D eigenvalue weighted by Gasteiger charge is -2.19. The molecule has 0 aliphatic heterocycles. The average Bonchev–Trinajstić information content (AvgIpc) is 3.25. The molecular formula is C26H22N2O4S. The van der Waals surface area contributed by atoms with E-state index in [-0.39, 0.29) is 5.56 Å². The first-order valence-electron chi connectivity index (χ1n) is 10.2. The van der Waals surface area contributed by atoms with Gasteiger partial charge in [0.05, 0.1) is 15.8 Å². The van der Waals surface area contributed by atoms with Crippen LogP contribution in [0, 0.1) is 0 Å². The number of anilines is 1. The van der Waals surface area contributed by atoms with Crippen molar-refractivity contribution in [2.24, 2.45) is 0 Å². The van der Waals surface area contributed by atoms with Gasteiger partial charge in [0.15, 0.2) is 0 Å². The highest BCUT2D eigenvalue weighted by molar-refractivity contribution is 7.19. The number of aromatic nitrogens is 1. The van der Waals surface area contributed by atoms with E-state index in [0.29, 0.717) is 28.9 Å². The lowest BCUT2D eigenvalue weighted by Crippen LogP contribution is -2.10. The molecule has 0 spiro atoms. The van der Waals surface area contributed by atoms with E-state index in [4.69, 9.17) is 9.72 Å². The molecule has 4 rings (SSSR count). The maximum atomic E-state index is 12.1. The Kier molecular flexibility index (Phi) is 6.24. The van der Waals surface area contributed by atoms with Crippen molar-refractivity contribution in [3.63, 3.8) is 0 Å². The van der Waals surface area contributed by atoms with Gasteiger partial charge in [-0.05, 0) is 54.0 Å². The van der Waals surface area contributed by atoms with Crippen LogP contribution in [0.5, 0.6) is 5.75 Å². The number of aromatic carboxylic acids is 1. The summed E-state index contributed by atoms with van der Waals surface area (Å²) in [5.74, 6) is -0.699. The lowest BCUT2D eigenvalue weighted by atomic mass is 9.89. The number of carbonyl (C=O) groups is 2. The van der Waals surface area contributed by atoms with Crippen LogP contribution in [0.15, 0.2) is 66.7 Å². The van der Waals surface area contributed by atoms with E-state index >= 15 is 0 Å². The van der Waals surface area contributed by atoms with Crippen LogP contribution in [0.3, 0.4) is 0 Å². The van der Waals surface area contributed by atoms with Gasteiger partial charge in [-0.25, -0.2) is 9.78 Å². The van der Waals surface area contributed by atoms with Gasteiger partial charge in [0.1, 0.15) is 10.8 Å². The van der Waals surface area contributed by atoms with E-state index in [0.717, 1.165) is 26.5 Å². The third kappa shape index (κ3) is 4.36. The summed E-state index contributed by atoms with van der Waals surface area (Å²) in [5.41, 5.74) is 4.44. The van der Waals surface area contributed by atoms with Crippen molar-refractivity contribution in [3.05, 3.63) is 88.4 Å². The minimum Gasteiger partial charge on any atom is -0.478 e. The molecule has 0 fully saturated rings. The van der Waals surface area contributed by atoms with Gasteiger partial charge in [-0.3, -0.25) is 4.79 Å². The van der Waals surface area contributed by atoms with Gasteiger partial charge in [-0.2, -0.15) is 0 Å². The molecule has 0 aliphatic rings. The number of hydrogen-bond acceptors (Lipinski definition) is 6. The van der Waals surface area contributed by atoms with Crippen LogP contribution < -0.4 is 9.64 Å². The Hall–Kier alpha value is -3.97. The number of nitrogens with zero attached hydrogens (tertiary/aromatic N) is 2. The monoisotopic (exact) mass is 458 g/mol. The Balaban J connectivity index is 2.06. The summed E-state index contributed by atoms with van der Waals surface area (Å²) in [4.78, 5) is 30.1. The molecule has 0 atom stereocenters. The molecule has 4 aromatic rings. The predicted octanol–water partition coefficient (Wildman–Crippen LogP) is 5.57. The van der Waals surface area contributed by atoms with Gasteiger partial charge in [-0.15, -0.1) is 11.3 Å². The predicted molar refractivity (Wildman–Crippen MR) is 132 cm³/mol. The van der Waals surface area contributed by atoms with Crippen LogP contribution in [0.25, 0.3) is 21.4 Å². The highest BCUT2D eigenvalue weighted by Crippen LogP contribution is 2.41. The minimum atomic E-state index is -1.04. The van der Waals surface area contributed by atoms with E-state index in [2.05, 4.69) is 0 Å². The van der Waals surface area contributed by atoms with E-state index < -0.39 is 5.97 Å². The number of fused-ring (bicyclic) bond motifs is 1. The van der Waals surface area contributed by atoms with Gasteiger partial charge < -0.3 is 14.7 Å². The summed E-state index contributed by atoms with van der Waals surface area (Å²) < 4.78 is 6.40. The third-order valence-electron chi connectivity index (χ3n) is 5.34. The van der Waals surface area contributed by atoms with E-state index in [9.17, 15) is 14.7 Å². The molecular weight excluding hydrogens is 436 g/mol. The third-order valence-corrected chi connectivity index (χ3v) is 6.50. The zero-order valence-corrected chi connectivity index (χ0v) is 19.2. The smallest absolute Gasteiger partial charge is 0.336 e. The van der Waals surface area contributed by atoms with Crippen LogP contribution in [0.1, 0.15) is 33.4 Å². The van der Waals surface area contributed by atoms with Crippen molar-refractivity contribution < 1.29 is 19.4 Å². The Morgan fingerprint density at radius 2 is 1.70 bits per heavy atom. The molecule has 33 heavy (non-hydrogen) atoms. The first-order chi connectivity index (χ1) is 15.9. The van der Waals surface area contributed by atoms with Crippen LogP contribution in [0.4, 0.5) is 5.69 Å². The molecule has 0 bridgehead atoms. The minimum absolute atomic E-state index is 0.154. The first kappa shape index (κ1) is 22.2. The second-order valence-electron chi connectivity index (χ2n) is 7.63. The quantitative estimate of drug-likeness (QED) is 0.365. The molecule has 0 saturated heterocycles. The average molecular weight is 459 g/mol. The number of benzene rings is 3. The highest BCUT2D eigenvalue weighted by atomic mass is 32.1. The number of allylic oxidation sites excluding steroid dienone is 1. The molecule has 0 unspecified atom stereocenters. The maximum absolute atomic E-state index is 12.1. The summed E-state index contributed by atoms with van der Waals surface area (Å²) in [6, 6.07) is 20.2.